The predicted octanol–water partition coefficient (Wildman–Crippen LogP) is 6.66. The third kappa shape index (κ3) is 5.01. The zero-order chi connectivity index (χ0) is 23.4. The third-order valence-electron chi connectivity index (χ3n) is 8.16. The summed E-state index contributed by atoms with van der Waals surface area (Å²) in [7, 11) is 0. The second-order valence-electron chi connectivity index (χ2n) is 10.5. The Labute approximate surface area is 203 Å². The summed E-state index contributed by atoms with van der Waals surface area (Å²) >= 11 is 0. The standard InChI is InChI=1S/C30H37NO3/c32-28-17-16-25(21-27(28)31(26-13-6-7-14-26)22-24-11-4-5-12-24)30(19-8-15-29(33)34-30)20-18-23-9-2-1-3-10-23/h1-3,8-10,15-17,21,24,26,32H,4-7,11-14,18-20,22H2. The highest BCUT2D eigenvalue weighted by Crippen LogP contribution is 2.43. The maximum Gasteiger partial charge on any atom is 0.331 e. The predicted molar refractivity (Wildman–Crippen MR) is 136 cm³/mol. The van der Waals surface area contributed by atoms with Crippen LogP contribution in [0.5, 0.6) is 5.75 Å². The minimum absolute atomic E-state index is 0.285. The van der Waals surface area contributed by atoms with Gasteiger partial charge in [-0.1, -0.05) is 68.2 Å². The number of carbonyl (C=O) groups is 1. The van der Waals surface area contributed by atoms with E-state index in [4.69, 9.17) is 4.74 Å². The lowest BCUT2D eigenvalue weighted by atomic mass is 9.83. The van der Waals surface area contributed by atoms with Crippen molar-refractivity contribution in [3.8, 4) is 5.75 Å². The summed E-state index contributed by atoms with van der Waals surface area (Å²) < 4.78 is 6.09. The number of phenolic OH excluding ortho intramolecular Hbond substituents is 1. The zero-order valence-corrected chi connectivity index (χ0v) is 20.1. The fourth-order valence-electron chi connectivity index (χ4n) is 6.25. The van der Waals surface area contributed by atoms with Gasteiger partial charge in [0.15, 0.2) is 0 Å². The van der Waals surface area contributed by atoms with Gasteiger partial charge < -0.3 is 14.7 Å². The number of hydrogen-bond donors (Lipinski definition) is 1. The molecule has 2 aromatic rings. The van der Waals surface area contributed by atoms with E-state index in [1.54, 1.807) is 0 Å². The monoisotopic (exact) mass is 459 g/mol. The molecule has 5 rings (SSSR count). The van der Waals surface area contributed by atoms with Crippen LogP contribution in [0, 0.1) is 5.92 Å². The Bertz CT molecular complexity index is 1000. The van der Waals surface area contributed by atoms with Gasteiger partial charge >= 0.3 is 5.97 Å². The molecule has 1 aliphatic heterocycles. The fraction of sp³-hybridized carbons (Fsp3) is 0.500. The summed E-state index contributed by atoms with van der Waals surface area (Å²) in [6, 6.07) is 16.8. The van der Waals surface area contributed by atoms with Gasteiger partial charge in [-0.15, -0.1) is 0 Å². The van der Waals surface area contributed by atoms with E-state index < -0.39 is 5.60 Å². The van der Waals surface area contributed by atoms with Crippen molar-refractivity contribution in [2.45, 2.75) is 82.3 Å². The van der Waals surface area contributed by atoms with Crippen molar-refractivity contribution in [3.05, 3.63) is 71.8 Å². The molecule has 1 atom stereocenters. The number of aromatic hydroxyl groups is 1. The Hall–Kier alpha value is -2.75. The van der Waals surface area contributed by atoms with Crippen LogP contribution in [0.2, 0.25) is 0 Å². The Morgan fingerprint density at radius 2 is 1.71 bits per heavy atom. The van der Waals surface area contributed by atoms with Crippen LogP contribution in [0.3, 0.4) is 0 Å². The highest BCUT2D eigenvalue weighted by Gasteiger charge is 2.38. The molecule has 2 aromatic carbocycles. The van der Waals surface area contributed by atoms with Crippen molar-refractivity contribution < 1.29 is 14.6 Å². The van der Waals surface area contributed by atoms with Gasteiger partial charge in [0.25, 0.3) is 0 Å². The zero-order valence-electron chi connectivity index (χ0n) is 20.1. The first-order chi connectivity index (χ1) is 16.6. The first-order valence-corrected chi connectivity index (χ1v) is 13.2. The van der Waals surface area contributed by atoms with Crippen molar-refractivity contribution in [1.82, 2.24) is 0 Å². The van der Waals surface area contributed by atoms with E-state index in [2.05, 4.69) is 35.2 Å². The molecule has 2 aliphatic carbocycles. The van der Waals surface area contributed by atoms with Crippen LogP contribution >= 0.6 is 0 Å². The number of hydrogen-bond acceptors (Lipinski definition) is 4. The summed E-state index contributed by atoms with van der Waals surface area (Å²) in [6.07, 6.45) is 15.8. The molecule has 3 aliphatic rings. The minimum Gasteiger partial charge on any atom is -0.506 e. The Kier molecular flexibility index (Phi) is 6.94. The molecule has 4 heteroatoms. The number of esters is 1. The fourth-order valence-corrected chi connectivity index (χ4v) is 6.25. The summed E-state index contributed by atoms with van der Waals surface area (Å²) in [4.78, 5) is 14.9. The van der Waals surface area contributed by atoms with E-state index in [1.807, 2.05) is 24.3 Å². The lowest BCUT2D eigenvalue weighted by Gasteiger charge is -2.38. The normalized spacial score (nSPS) is 23.4. The molecule has 0 radical (unpaired) electrons. The SMILES string of the molecule is O=C1C=CCC(CCc2ccccc2)(c2ccc(O)c(N(CC3CCCC3)C3CCCC3)c2)O1. The van der Waals surface area contributed by atoms with Gasteiger partial charge in [0.1, 0.15) is 11.4 Å². The number of cyclic esters (lactones) is 1. The number of phenols is 1. The molecule has 2 fully saturated rings. The van der Waals surface area contributed by atoms with Crippen molar-refractivity contribution >= 4 is 11.7 Å². The summed E-state index contributed by atoms with van der Waals surface area (Å²) in [6.45, 7) is 1.01. The van der Waals surface area contributed by atoms with Crippen molar-refractivity contribution in [2.24, 2.45) is 5.92 Å². The lowest BCUT2D eigenvalue weighted by molar-refractivity contribution is -0.157. The Balaban J connectivity index is 1.48. The average Bonchev–Trinajstić information content (AvgIpc) is 3.57. The van der Waals surface area contributed by atoms with E-state index in [0.29, 0.717) is 30.6 Å². The average molecular weight is 460 g/mol. The van der Waals surface area contributed by atoms with Crippen molar-refractivity contribution in [3.63, 3.8) is 0 Å². The second-order valence-corrected chi connectivity index (χ2v) is 10.5. The summed E-state index contributed by atoms with van der Waals surface area (Å²) in [5, 5.41) is 11.0. The number of ether oxygens (including phenoxy) is 1. The van der Waals surface area contributed by atoms with Gasteiger partial charge in [-0.25, -0.2) is 4.79 Å². The smallest absolute Gasteiger partial charge is 0.331 e. The maximum atomic E-state index is 12.4. The van der Waals surface area contributed by atoms with E-state index in [0.717, 1.165) is 24.2 Å². The van der Waals surface area contributed by atoms with Crippen LogP contribution in [-0.4, -0.2) is 23.7 Å². The maximum absolute atomic E-state index is 12.4. The van der Waals surface area contributed by atoms with Crippen LogP contribution in [0.15, 0.2) is 60.7 Å². The molecule has 0 aromatic heterocycles. The largest absolute Gasteiger partial charge is 0.506 e. The van der Waals surface area contributed by atoms with Gasteiger partial charge in [0, 0.05) is 25.1 Å². The second kappa shape index (κ2) is 10.2. The third-order valence-corrected chi connectivity index (χ3v) is 8.16. The molecule has 1 N–H and O–H groups in total. The van der Waals surface area contributed by atoms with E-state index >= 15 is 0 Å². The molecule has 34 heavy (non-hydrogen) atoms. The van der Waals surface area contributed by atoms with Crippen LogP contribution in [0.25, 0.3) is 0 Å². The molecule has 2 saturated carbocycles. The van der Waals surface area contributed by atoms with Gasteiger partial charge in [-0.2, -0.15) is 0 Å². The number of carbonyl (C=O) groups excluding carboxylic acids is 1. The summed E-state index contributed by atoms with van der Waals surface area (Å²) in [5.74, 6) is 0.753. The molecule has 0 amide bonds. The first-order valence-electron chi connectivity index (χ1n) is 13.2. The molecule has 4 nitrogen and oxygen atoms in total. The van der Waals surface area contributed by atoms with E-state index in [-0.39, 0.29) is 5.97 Å². The molecule has 0 saturated heterocycles. The highest BCUT2D eigenvalue weighted by atomic mass is 16.6. The lowest BCUT2D eigenvalue weighted by Crippen LogP contribution is -2.38. The van der Waals surface area contributed by atoms with Crippen molar-refractivity contribution in [1.29, 1.82) is 0 Å². The van der Waals surface area contributed by atoms with Gasteiger partial charge in [-0.3, -0.25) is 0 Å². The Morgan fingerprint density at radius 3 is 2.44 bits per heavy atom. The van der Waals surface area contributed by atoms with Crippen LogP contribution in [0.1, 0.15) is 75.3 Å². The molecule has 180 valence electrons. The topological polar surface area (TPSA) is 49.8 Å². The van der Waals surface area contributed by atoms with Crippen molar-refractivity contribution in [2.75, 3.05) is 11.4 Å². The molecule has 1 unspecified atom stereocenters. The molecular formula is C30H37NO3. The van der Waals surface area contributed by atoms with E-state index in [9.17, 15) is 9.90 Å². The van der Waals surface area contributed by atoms with Crippen LogP contribution in [-0.2, 0) is 21.6 Å². The number of nitrogens with zero attached hydrogens (tertiary/aromatic N) is 1. The molecule has 1 heterocycles. The number of benzene rings is 2. The molecular weight excluding hydrogens is 422 g/mol. The van der Waals surface area contributed by atoms with Crippen LogP contribution < -0.4 is 4.90 Å². The van der Waals surface area contributed by atoms with Gasteiger partial charge in [0.05, 0.1) is 5.69 Å². The quantitative estimate of drug-likeness (QED) is 0.448. The number of rotatable bonds is 8. The highest BCUT2D eigenvalue weighted by molar-refractivity contribution is 5.83. The van der Waals surface area contributed by atoms with Crippen LogP contribution in [0.4, 0.5) is 5.69 Å². The number of anilines is 1. The first kappa shape index (κ1) is 23.0. The van der Waals surface area contributed by atoms with Gasteiger partial charge in [-0.05, 0) is 67.7 Å². The Morgan fingerprint density at radius 1 is 0.971 bits per heavy atom. The van der Waals surface area contributed by atoms with Gasteiger partial charge in [0.2, 0.25) is 0 Å². The summed E-state index contributed by atoms with van der Waals surface area (Å²) in [5.41, 5.74) is 2.43. The minimum atomic E-state index is -0.709. The molecule has 0 spiro atoms. The van der Waals surface area contributed by atoms with E-state index in [1.165, 1.54) is 63.0 Å². The molecule has 0 bridgehead atoms. The number of aryl methyl sites for hydroxylation is 1.